The van der Waals surface area contributed by atoms with Crippen molar-refractivity contribution in [3.05, 3.63) is 58.6 Å². The van der Waals surface area contributed by atoms with Crippen LogP contribution < -0.4 is 20.0 Å². The van der Waals surface area contributed by atoms with Gasteiger partial charge in [0, 0.05) is 23.4 Å². The molecule has 0 aromatic carbocycles. The third kappa shape index (κ3) is 3.46. The molecule has 0 spiro atoms. The Balaban J connectivity index is 1.31. The third-order valence-electron chi connectivity index (χ3n) is 4.51. The second kappa shape index (κ2) is 7.03. The number of pyridine rings is 2. The number of H-pyrrole nitrogens is 2. The van der Waals surface area contributed by atoms with Gasteiger partial charge >= 0.3 is 5.88 Å². The Kier molecular flexibility index (Phi) is 4.43. The maximum absolute atomic E-state index is 11.1. The van der Waals surface area contributed by atoms with Crippen molar-refractivity contribution in [1.29, 1.82) is 0 Å². The number of rotatable bonds is 6. The lowest BCUT2D eigenvalue weighted by Gasteiger charge is -2.34. The molecule has 7 nitrogen and oxygen atoms in total. The summed E-state index contributed by atoms with van der Waals surface area (Å²) in [4.78, 5) is 18.6. The molecule has 1 saturated carbocycles. The molecule has 134 valence electrons. The van der Waals surface area contributed by atoms with Gasteiger partial charge in [0.1, 0.15) is 6.10 Å². The molecule has 0 atom stereocenters. The highest BCUT2D eigenvalue weighted by atomic mass is 16.5. The van der Waals surface area contributed by atoms with Crippen LogP contribution >= 0.6 is 0 Å². The number of hydrogen-bond acceptors (Lipinski definition) is 5. The van der Waals surface area contributed by atoms with E-state index in [0.717, 1.165) is 24.3 Å². The summed E-state index contributed by atoms with van der Waals surface area (Å²) < 4.78 is 16.4. The van der Waals surface area contributed by atoms with E-state index in [9.17, 15) is 4.79 Å². The smallest absolute Gasteiger partial charge is 0.366 e. The van der Waals surface area contributed by atoms with Crippen LogP contribution in [0.3, 0.4) is 0 Å². The van der Waals surface area contributed by atoms with Crippen LogP contribution in [0.15, 0.2) is 52.0 Å². The van der Waals surface area contributed by atoms with E-state index < -0.39 is 0 Å². The van der Waals surface area contributed by atoms with Crippen LogP contribution in [0.5, 0.6) is 11.8 Å². The highest BCUT2D eigenvalue weighted by Crippen LogP contribution is 2.38. The fourth-order valence-electron chi connectivity index (χ4n) is 3.05. The SMILES string of the molecule is CCOc1ccc(C2CC(Oc3ccc(-c4cc(=O)[nH]o4)cn3)C2)c[nH+]1. The van der Waals surface area contributed by atoms with Gasteiger partial charge in [-0.25, -0.2) is 4.98 Å². The van der Waals surface area contributed by atoms with E-state index in [4.69, 9.17) is 14.0 Å². The third-order valence-corrected chi connectivity index (χ3v) is 4.51. The van der Waals surface area contributed by atoms with E-state index in [-0.39, 0.29) is 11.7 Å². The number of aromatic amines is 2. The largest absolute Gasteiger partial charge is 0.474 e. The molecule has 0 aliphatic heterocycles. The lowest BCUT2D eigenvalue weighted by Crippen LogP contribution is -2.33. The van der Waals surface area contributed by atoms with Crippen LogP contribution in [0.2, 0.25) is 0 Å². The number of nitrogens with one attached hydrogen (secondary N) is 2. The van der Waals surface area contributed by atoms with Gasteiger partial charge in [-0.3, -0.25) is 4.79 Å². The van der Waals surface area contributed by atoms with Crippen LogP contribution in [0, 0.1) is 0 Å². The van der Waals surface area contributed by atoms with Gasteiger partial charge in [0.15, 0.2) is 12.0 Å². The minimum atomic E-state index is -0.271. The van der Waals surface area contributed by atoms with Gasteiger partial charge in [-0.1, -0.05) is 0 Å². The van der Waals surface area contributed by atoms with Crippen molar-refractivity contribution in [3.63, 3.8) is 0 Å². The van der Waals surface area contributed by atoms with E-state index in [1.807, 2.05) is 25.3 Å². The molecular formula is C19H20N3O4+. The van der Waals surface area contributed by atoms with Crippen molar-refractivity contribution in [2.75, 3.05) is 6.61 Å². The van der Waals surface area contributed by atoms with E-state index >= 15 is 0 Å². The normalized spacial score (nSPS) is 19.0. The molecule has 26 heavy (non-hydrogen) atoms. The summed E-state index contributed by atoms with van der Waals surface area (Å²) in [6, 6.07) is 9.07. The van der Waals surface area contributed by atoms with Crippen molar-refractivity contribution in [2.45, 2.75) is 31.8 Å². The van der Waals surface area contributed by atoms with Gasteiger partial charge in [-0.05, 0) is 37.8 Å². The van der Waals surface area contributed by atoms with Crippen LogP contribution in [-0.4, -0.2) is 22.9 Å². The zero-order valence-electron chi connectivity index (χ0n) is 14.4. The molecule has 0 unspecified atom stereocenters. The van der Waals surface area contributed by atoms with Crippen molar-refractivity contribution in [2.24, 2.45) is 0 Å². The maximum Gasteiger partial charge on any atom is 0.366 e. The lowest BCUT2D eigenvalue weighted by atomic mass is 9.78. The highest BCUT2D eigenvalue weighted by molar-refractivity contribution is 5.55. The van der Waals surface area contributed by atoms with E-state index in [1.54, 1.807) is 12.3 Å². The molecule has 7 heteroatoms. The minimum Gasteiger partial charge on any atom is -0.474 e. The average molecular weight is 354 g/mol. The summed E-state index contributed by atoms with van der Waals surface area (Å²) in [7, 11) is 0. The van der Waals surface area contributed by atoms with Crippen molar-refractivity contribution in [1.82, 2.24) is 10.1 Å². The summed E-state index contributed by atoms with van der Waals surface area (Å²) in [5, 5.41) is 2.26. The standard InChI is InChI=1S/C19H19N3O4/c1-2-24-18-5-3-12(10-20-18)14-7-15(8-14)25-19-6-4-13(11-21-19)16-9-17(23)22-26-16/h3-6,9-11,14-15H,2,7-8H2,1H3,(H,22,23)/p+1. The van der Waals surface area contributed by atoms with E-state index in [1.165, 1.54) is 11.6 Å². The second-order valence-corrected chi connectivity index (χ2v) is 6.29. The van der Waals surface area contributed by atoms with Gasteiger partial charge in [-0.15, -0.1) is 0 Å². The Bertz CT molecular complexity index is 909. The zero-order chi connectivity index (χ0) is 17.9. The predicted molar refractivity (Wildman–Crippen MR) is 93.1 cm³/mol. The van der Waals surface area contributed by atoms with Crippen LogP contribution in [0.1, 0.15) is 31.2 Å². The van der Waals surface area contributed by atoms with Crippen molar-refractivity contribution >= 4 is 0 Å². The Hall–Kier alpha value is -3.09. The number of ether oxygens (including phenoxy) is 2. The van der Waals surface area contributed by atoms with E-state index in [2.05, 4.69) is 21.2 Å². The summed E-state index contributed by atoms with van der Waals surface area (Å²) in [5.41, 5.74) is 1.72. The summed E-state index contributed by atoms with van der Waals surface area (Å²) in [6.07, 6.45) is 5.72. The number of aromatic nitrogens is 3. The molecule has 0 bridgehead atoms. The quantitative estimate of drug-likeness (QED) is 0.734. The molecule has 1 aliphatic carbocycles. The van der Waals surface area contributed by atoms with E-state index in [0.29, 0.717) is 24.2 Å². The second-order valence-electron chi connectivity index (χ2n) is 6.29. The molecule has 0 amide bonds. The Morgan fingerprint density at radius 3 is 2.81 bits per heavy atom. The minimum absolute atomic E-state index is 0.162. The summed E-state index contributed by atoms with van der Waals surface area (Å²) >= 11 is 0. The first-order chi connectivity index (χ1) is 12.7. The predicted octanol–water partition coefficient (Wildman–Crippen LogP) is 2.57. The molecule has 0 saturated heterocycles. The van der Waals surface area contributed by atoms with Gasteiger partial charge in [0.2, 0.25) is 5.88 Å². The van der Waals surface area contributed by atoms with Gasteiger partial charge in [0.25, 0.3) is 5.56 Å². The number of hydrogen-bond donors (Lipinski definition) is 1. The molecule has 3 heterocycles. The van der Waals surface area contributed by atoms with Crippen LogP contribution in [0.25, 0.3) is 11.3 Å². The van der Waals surface area contributed by atoms with Crippen molar-refractivity contribution in [3.8, 4) is 23.1 Å². The first-order valence-corrected chi connectivity index (χ1v) is 8.67. The molecule has 4 rings (SSSR count). The zero-order valence-corrected chi connectivity index (χ0v) is 14.4. The molecule has 3 aromatic heterocycles. The Morgan fingerprint density at radius 2 is 2.19 bits per heavy atom. The Morgan fingerprint density at radius 1 is 1.31 bits per heavy atom. The average Bonchev–Trinajstić information content (AvgIpc) is 3.06. The highest BCUT2D eigenvalue weighted by Gasteiger charge is 2.33. The first kappa shape index (κ1) is 16.4. The molecular weight excluding hydrogens is 334 g/mol. The Labute approximate surface area is 150 Å². The first-order valence-electron chi connectivity index (χ1n) is 8.67. The van der Waals surface area contributed by atoms with Gasteiger partial charge < -0.3 is 14.0 Å². The maximum atomic E-state index is 11.1. The summed E-state index contributed by atoms with van der Waals surface area (Å²) in [6.45, 7) is 2.61. The monoisotopic (exact) mass is 354 g/mol. The van der Waals surface area contributed by atoms with Crippen molar-refractivity contribution < 1.29 is 19.0 Å². The molecule has 1 aliphatic rings. The van der Waals surface area contributed by atoms with Gasteiger partial charge in [0.05, 0.1) is 18.7 Å². The summed E-state index contributed by atoms with van der Waals surface area (Å²) in [5.74, 6) is 2.31. The molecule has 2 N–H and O–H groups in total. The molecule has 1 fully saturated rings. The fourth-order valence-corrected chi connectivity index (χ4v) is 3.05. The fraction of sp³-hybridized carbons (Fsp3) is 0.316. The number of nitrogens with zero attached hydrogens (tertiary/aromatic N) is 1. The lowest BCUT2D eigenvalue weighted by molar-refractivity contribution is -0.395. The molecule has 3 aromatic rings. The van der Waals surface area contributed by atoms with Crippen LogP contribution in [0.4, 0.5) is 0 Å². The van der Waals surface area contributed by atoms with Gasteiger partial charge in [-0.2, -0.15) is 10.1 Å². The van der Waals surface area contributed by atoms with Crippen LogP contribution in [-0.2, 0) is 0 Å². The topological polar surface area (TPSA) is 91.5 Å². The molecule has 0 radical (unpaired) electrons.